The lowest BCUT2D eigenvalue weighted by Gasteiger charge is -2.27. The fourth-order valence-corrected chi connectivity index (χ4v) is 3.00. The van der Waals surface area contributed by atoms with Gasteiger partial charge in [-0.05, 0) is 31.7 Å². The second kappa shape index (κ2) is 15.4. The van der Waals surface area contributed by atoms with Crippen LogP contribution < -0.4 is 33.2 Å². The second-order valence-electron chi connectivity index (χ2n) is 7.58. The first kappa shape index (κ1) is 29.6. The molecule has 0 aliphatic carbocycles. The Kier molecular flexibility index (Phi) is 14.3. The maximum absolute atomic E-state index is 13.0. The van der Waals surface area contributed by atoms with E-state index in [1.54, 1.807) is 6.92 Å². The van der Waals surface area contributed by atoms with Crippen molar-refractivity contribution in [2.75, 3.05) is 12.3 Å². The summed E-state index contributed by atoms with van der Waals surface area (Å²) < 4.78 is 0. The number of carbonyl (C=O) groups excluding carboxylic acids is 4. The second-order valence-corrected chi connectivity index (χ2v) is 7.94. The van der Waals surface area contributed by atoms with Crippen molar-refractivity contribution in [2.24, 2.45) is 23.1 Å². The molecule has 32 heavy (non-hydrogen) atoms. The molecule has 0 rings (SSSR count). The zero-order chi connectivity index (χ0) is 24.8. The van der Waals surface area contributed by atoms with E-state index in [2.05, 4.69) is 28.6 Å². The van der Waals surface area contributed by atoms with Crippen molar-refractivity contribution in [3.63, 3.8) is 0 Å². The fourth-order valence-electron chi connectivity index (χ4n) is 2.75. The highest BCUT2D eigenvalue weighted by Crippen LogP contribution is 2.10. The zero-order valence-electron chi connectivity index (χ0n) is 18.5. The van der Waals surface area contributed by atoms with E-state index < -0.39 is 53.8 Å². The number of carboxylic acids is 1. The van der Waals surface area contributed by atoms with Crippen molar-refractivity contribution in [3.8, 4) is 0 Å². The van der Waals surface area contributed by atoms with Crippen LogP contribution in [0.15, 0.2) is 0 Å². The lowest BCUT2D eigenvalue weighted by atomic mass is 9.97. The van der Waals surface area contributed by atoms with Crippen LogP contribution in [0.2, 0.25) is 0 Å². The quantitative estimate of drug-likeness (QED) is 0.0902. The zero-order valence-corrected chi connectivity index (χ0v) is 19.4. The van der Waals surface area contributed by atoms with Crippen molar-refractivity contribution >= 4 is 42.2 Å². The van der Waals surface area contributed by atoms with Crippen molar-refractivity contribution in [2.45, 2.75) is 70.1 Å². The van der Waals surface area contributed by atoms with Crippen molar-refractivity contribution in [3.05, 3.63) is 0 Å². The molecule has 0 aliphatic heterocycles. The van der Waals surface area contributed by atoms with E-state index >= 15 is 0 Å². The number of hydrogen-bond acceptors (Lipinski definition) is 8. The molecule has 12 nitrogen and oxygen atoms in total. The summed E-state index contributed by atoms with van der Waals surface area (Å²) in [5.74, 6) is -4.51. The highest BCUT2D eigenvalue weighted by Gasteiger charge is 2.32. The summed E-state index contributed by atoms with van der Waals surface area (Å²) >= 11 is 3.91. The Bertz CT molecular complexity index is 664. The molecule has 5 unspecified atom stereocenters. The molecule has 0 aromatic heterocycles. The molecule has 184 valence electrons. The van der Waals surface area contributed by atoms with Crippen molar-refractivity contribution < 1.29 is 29.1 Å². The minimum absolute atomic E-state index is 0.131. The highest BCUT2D eigenvalue weighted by atomic mass is 32.1. The number of carboxylic acid groups (broad SMARTS) is 1. The molecule has 10 N–H and O–H groups in total. The van der Waals surface area contributed by atoms with E-state index in [1.165, 1.54) is 0 Å². The molecule has 0 spiro atoms. The largest absolute Gasteiger partial charge is 0.480 e. The third-order valence-electron chi connectivity index (χ3n) is 4.93. The normalized spacial score (nSPS) is 15.5. The number of primary amides is 1. The van der Waals surface area contributed by atoms with Crippen LogP contribution in [0.1, 0.15) is 46.0 Å². The van der Waals surface area contributed by atoms with Crippen molar-refractivity contribution in [1.82, 2.24) is 16.0 Å². The average Bonchev–Trinajstić information content (AvgIpc) is 2.73. The van der Waals surface area contributed by atoms with E-state index in [-0.39, 0.29) is 24.5 Å². The molecule has 13 heteroatoms. The monoisotopic (exact) mass is 476 g/mol. The van der Waals surface area contributed by atoms with E-state index in [9.17, 15) is 24.0 Å². The van der Waals surface area contributed by atoms with Crippen LogP contribution in [0.4, 0.5) is 0 Å². The topological polar surface area (TPSA) is 220 Å². The smallest absolute Gasteiger partial charge is 0.327 e. The highest BCUT2D eigenvalue weighted by molar-refractivity contribution is 7.80. The molecule has 0 saturated carbocycles. The third-order valence-corrected chi connectivity index (χ3v) is 5.29. The molecule has 0 saturated heterocycles. The Hall–Kier alpha value is -2.38. The van der Waals surface area contributed by atoms with E-state index in [0.717, 1.165) is 0 Å². The van der Waals surface area contributed by atoms with Gasteiger partial charge in [0.15, 0.2) is 0 Å². The van der Waals surface area contributed by atoms with E-state index in [0.29, 0.717) is 25.8 Å². The van der Waals surface area contributed by atoms with Crippen molar-refractivity contribution in [1.29, 1.82) is 0 Å². The first-order valence-electron chi connectivity index (χ1n) is 10.5. The molecule has 0 radical (unpaired) electrons. The number of unbranched alkanes of at least 4 members (excludes halogenated alkanes) is 1. The summed E-state index contributed by atoms with van der Waals surface area (Å²) in [5.41, 5.74) is 16.2. The summed E-state index contributed by atoms with van der Waals surface area (Å²) in [4.78, 5) is 60.1. The van der Waals surface area contributed by atoms with E-state index in [1.807, 2.05) is 6.92 Å². The van der Waals surface area contributed by atoms with E-state index in [4.69, 9.17) is 22.3 Å². The Labute approximate surface area is 193 Å². The third kappa shape index (κ3) is 10.8. The molecule has 4 amide bonds. The predicted molar refractivity (Wildman–Crippen MR) is 121 cm³/mol. The molecule has 0 aromatic rings. The molecular formula is C19H36N6O6S. The maximum atomic E-state index is 13.0. The van der Waals surface area contributed by atoms with Gasteiger partial charge in [-0.15, -0.1) is 0 Å². The Morgan fingerprint density at radius 3 is 2.03 bits per heavy atom. The molecule has 0 aromatic carbocycles. The van der Waals surface area contributed by atoms with Crippen LogP contribution in [-0.4, -0.2) is 71.2 Å². The van der Waals surface area contributed by atoms with Crippen LogP contribution in [0.25, 0.3) is 0 Å². The standard InChI is InChI=1S/C19H36N6O6S/c1-3-10(2)15(25-16(27)11(21)8-14(22)26)18(29)23-12(6-4-5-7-20)17(28)24-13(9-32)19(30)31/h10-13,15,32H,3-9,20-21H2,1-2H3,(H2,22,26)(H,23,29)(H,24,28)(H,25,27)(H,30,31). The summed E-state index contributed by atoms with van der Waals surface area (Å²) in [5, 5.41) is 16.6. The average molecular weight is 477 g/mol. The van der Waals surface area contributed by atoms with Gasteiger partial charge < -0.3 is 38.3 Å². The summed E-state index contributed by atoms with van der Waals surface area (Å²) in [6, 6.07) is -4.52. The van der Waals surface area contributed by atoms with Gasteiger partial charge in [0.05, 0.1) is 12.5 Å². The molecule has 5 atom stereocenters. The molecular weight excluding hydrogens is 440 g/mol. The lowest BCUT2D eigenvalue weighted by Crippen LogP contribution is -2.59. The minimum Gasteiger partial charge on any atom is -0.480 e. The number of thiol groups is 1. The van der Waals surface area contributed by atoms with Crippen LogP contribution in [0.3, 0.4) is 0 Å². The molecule has 0 fully saturated rings. The lowest BCUT2D eigenvalue weighted by molar-refractivity contribution is -0.141. The summed E-state index contributed by atoms with van der Waals surface area (Å²) in [6.45, 7) is 3.94. The van der Waals surface area contributed by atoms with Crippen LogP contribution in [-0.2, 0) is 24.0 Å². The predicted octanol–water partition coefficient (Wildman–Crippen LogP) is -2.17. The number of carbonyl (C=O) groups is 5. The number of aliphatic carboxylic acids is 1. The minimum atomic E-state index is -1.26. The number of hydrogen-bond donors (Lipinski definition) is 8. The molecule has 0 aliphatic rings. The number of nitrogens with one attached hydrogen (secondary N) is 3. The Balaban J connectivity index is 5.47. The Morgan fingerprint density at radius 1 is 0.969 bits per heavy atom. The van der Waals surface area contributed by atoms with Crippen LogP contribution in [0, 0.1) is 5.92 Å². The summed E-state index contributed by atoms with van der Waals surface area (Å²) in [7, 11) is 0. The fraction of sp³-hybridized carbons (Fsp3) is 0.737. The van der Waals surface area contributed by atoms with Gasteiger partial charge in [0.1, 0.15) is 18.1 Å². The van der Waals surface area contributed by atoms with Gasteiger partial charge in [-0.1, -0.05) is 20.3 Å². The summed E-state index contributed by atoms with van der Waals surface area (Å²) in [6.07, 6.45) is 1.47. The van der Waals surface area contributed by atoms with Gasteiger partial charge in [0.2, 0.25) is 23.6 Å². The van der Waals surface area contributed by atoms with Gasteiger partial charge in [0, 0.05) is 5.75 Å². The Morgan fingerprint density at radius 2 is 1.56 bits per heavy atom. The van der Waals surface area contributed by atoms with Gasteiger partial charge >= 0.3 is 5.97 Å². The van der Waals surface area contributed by atoms with Gasteiger partial charge in [-0.25, -0.2) is 4.79 Å². The molecule has 0 bridgehead atoms. The maximum Gasteiger partial charge on any atom is 0.327 e. The molecule has 0 heterocycles. The number of rotatable bonds is 16. The van der Waals surface area contributed by atoms with Crippen LogP contribution in [0.5, 0.6) is 0 Å². The first-order valence-corrected chi connectivity index (χ1v) is 11.1. The number of nitrogens with two attached hydrogens (primary N) is 3. The first-order chi connectivity index (χ1) is 15.0. The van der Waals surface area contributed by atoms with Gasteiger partial charge in [-0.2, -0.15) is 12.6 Å². The van der Waals surface area contributed by atoms with Crippen LogP contribution >= 0.6 is 12.6 Å². The van der Waals surface area contributed by atoms with Gasteiger partial charge in [-0.3, -0.25) is 19.2 Å². The SMILES string of the molecule is CCC(C)C(NC(=O)C(N)CC(N)=O)C(=O)NC(CCCCN)C(=O)NC(CS)C(=O)O. The van der Waals surface area contributed by atoms with Gasteiger partial charge in [0.25, 0.3) is 0 Å². The number of amides is 4.